The van der Waals surface area contributed by atoms with Gasteiger partial charge in [0.25, 0.3) is 5.82 Å². The molecule has 0 bridgehead atoms. The molecule has 0 N–H and O–H groups in total. The smallest absolute Gasteiger partial charge is 0.229 e. The second-order valence-corrected chi connectivity index (χ2v) is 12.7. The number of hydrogen-bond donors (Lipinski definition) is 0. The molecule has 38 heavy (non-hydrogen) atoms. The summed E-state index contributed by atoms with van der Waals surface area (Å²) in [7, 11) is 2.33. The van der Waals surface area contributed by atoms with Crippen LogP contribution in [0.25, 0.3) is 28.2 Å². The molecule has 196 valence electrons. The number of nitrogens with zero attached hydrogens (tertiary/aromatic N) is 2. The van der Waals surface area contributed by atoms with E-state index in [0.717, 1.165) is 0 Å². The van der Waals surface area contributed by atoms with Gasteiger partial charge in [-0.1, -0.05) is 89.1 Å². The fourth-order valence-electron chi connectivity index (χ4n) is 7.36. The molecule has 3 aromatic carbocycles. The Labute approximate surface area is 229 Å². The lowest BCUT2D eigenvalue weighted by molar-refractivity contribution is -0.667. The van der Waals surface area contributed by atoms with Crippen molar-refractivity contribution < 1.29 is 4.57 Å². The zero-order valence-corrected chi connectivity index (χ0v) is 24.1. The van der Waals surface area contributed by atoms with E-state index in [0.29, 0.717) is 17.3 Å². The lowest BCUT2D eigenvalue weighted by Crippen LogP contribution is -2.36. The molecule has 2 heteroatoms. The van der Waals surface area contributed by atoms with Crippen molar-refractivity contribution >= 4 is 0 Å². The SMILES string of the molecule is Cc1ccccc1-c1n(-c2c(C(C)C)cc(-c3ccccc3)cc2C(C)C)c2c([n+]1C)CC1(CCCC1)C2. The first-order chi connectivity index (χ1) is 18.3. The van der Waals surface area contributed by atoms with Gasteiger partial charge in [-0.25, -0.2) is 4.57 Å². The maximum atomic E-state index is 2.73. The molecule has 2 nitrogen and oxygen atoms in total. The van der Waals surface area contributed by atoms with E-state index in [2.05, 4.69) is 118 Å². The third kappa shape index (κ3) is 4.04. The molecule has 1 fully saturated rings. The van der Waals surface area contributed by atoms with Gasteiger partial charge in [0.15, 0.2) is 5.69 Å². The van der Waals surface area contributed by atoms with Crippen LogP contribution in [0.15, 0.2) is 66.7 Å². The Hall–Kier alpha value is -3.13. The van der Waals surface area contributed by atoms with Gasteiger partial charge in [-0.3, -0.25) is 0 Å². The van der Waals surface area contributed by atoms with Crippen molar-refractivity contribution in [3.8, 4) is 28.2 Å². The van der Waals surface area contributed by atoms with E-state index in [1.807, 2.05) is 0 Å². The van der Waals surface area contributed by atoms with E-state index in [-0.39, 0.29) is 0 Å². The van der Waals surface area contributed by atoms with Crippen LogP contribution in [0.3, 0.4) is 0 Å². The van der Waals surface area contributed by atoms with Gasteiger partial charge in [0.1, 0.15) is 11.4 Å². The van der Waals surface area contributed by atoms with Crippen LogP contribution in [-0.2, 0) is 19.9 Å². The molecule has 2 aliphatic rings. The van der Waals surface area contributed by atoms with Gasteiger partial charge in [0.05, 0.1) is 12.6 Å². The highest BCUT2D eigenvalue weighted by Gasteiger charge is 2.48. The van der Waals surface area contributed by atoms with E-state index < -0.39 is 0 Å². The lowest BCUT2D eigenvalue weighted by atomic mass is 9.83. The zero-order chi connectivity index (χ0) is 26.6. The van der Waals surface area contributed by atoms with Gasteiger partial charge in [-0.05, 0) is 71.9 Å². The molecule has 1 spiro atoms. The van der Waals surface area contributed by atoms with E-state index in [1.54, 1.807) is 11.4 Å². The van der Waals surface area contributed by atoms with Crippen LogP contribution in [0.5, 0.6) is 0 Å². The van der Waals surface area contributed by atoms with Gasteiger partial charge in [0, 0.05) is 24.0 Å². The van der Waals surface area contributed by atoms with E-state index >= 15 is 0 Å². The van der Waals surface area contributed by atoms with Crippen molar-refractivity contribution in [1.29, 1.82) is 0 Å². The molecule has 0 aliphatic heterocycles. The topological polar surface area (TPSA) is 8.81 Å². The fraction of sp³-hybridized carbons (Fsp3) is 0.417. The fourth-order valence-corrected chi connectivity index (χ4v) is 7.36. The van der Waals surface area contributed by atoms with Crippen molar-refractivity contribution in [2.75, 3.05) is 0 Å². The maximum absolute atomic E-state index is 2.73. The molecule has 0 saturated heterocycles. The number of aryl methyl sites for hydroxylation is 1. The summed E-state index contributed by atoms with van der Waals surface area (Å²) in [5, 5.41) is 0. The van der Waals surface area contributed by atoms with Crippen LogP contribution >= 0.6 is 0 Å². The first kappa shape index (κ1) is 25.2. The second kappa shape index (κ2) is 9.56. The zero-order valence-electron chi connectivity index (χ0n) is 24.1. The average molecular weight is 504 g/mol. The Morgan fingerprint density at radius 2 is 1.37 bits per heavy atom. The van der Waals surface area contributed by atoms with Gasteiger partial charge >= 0.3 is 0 Å². The van der Waals surface area contributed by atoms with Crippen LogP contribution in [0.1, 0.15) is 93.3 Å². The van der Waals surface area contributed by atoms with Gasteiger partial charge < -0.3 is 0 Å². The molecule has 0 atom stereocenters. The largest absolute Gasteiger partial charge is 0.294 e. The second-order valence-electron chi connectivity index (χ2n) is 12.7. The summed E-state index contributed by atoms with van der Waals surface area (Å²) >= 11 is 0. The van der Waals surface area contributed by atoms with Gasteiger partial charge in [-0.15, -0.1) is 0 Å². The summed E-state index contributed by atoms with van der Waals surface area (Å²) in [4.78, 5) is 0. The van der Waals surface area contributed by atoms with Crippen LogP contribution in [-0.4, -0.2) is 4.57 Å². The van der Waals surface area contributed by atoms with E-state index in [1.165, 1.54) is 83.4 Å². The summed E-state index contributed by atoms with van der Waals surface area (Å²) in [5.74, 6) is 2.18. The monoisotopic (exact) mass is 503 g/mol. The molecule has 6 rings (SSSR count). The van der Waals surface area contributed by atoms with Crippen LogP contribution in [0.4, 0.5) is 0 Å². The maximum Gasteiger partial charge on any atom is 0.294 e. The minimum Gasteiger partial charge on any atom is -0.229 e. The summed E-state index contributed by atoms with van der Waals surface area (Å²) in [6.45, 7) is 11.7. The van der Waals surface area contributed by atoms with Crippen molar-refractivity contribution in [3.63, 3.8) is 0 Å². The van der Waals surface area contributed by atoms with E-state index in [9.17, 15) is 0 Å². The molecule has 1 aromatic heterocycles. The Balaban J connectivity index is 1.69. The van der Waals surface area contributed by atoms with Crippen molar-refractivity contribution in [1.82, 2.24) is 4.57 Å². The Morgan fingerprint density at radius 3 is 1.97 bits per heavy atom. The third-order valence-electron chi connectivity index (χ3n) is 9.42. The number of fused-ring (bicyclic) bond motifs is 1. The molecule has 0 amide bonds. The highest BCUT2D eigenvalue weighted by Crippen LogP contribution is 2.50. The van der Waals surface area contributed by atoms with Crippen LogP contribution < -0.4 is 4.57 Å². The van der Waals surface area contributed by atoms with Crippen molar-refractivity contribution in [3.05, 3.63) is 94.8 Å². The standard InChI is InChI=1S/C36H43N2/c1-24(2)30-20-28(27-15-8-7-9-16-27)21-31(25(3)4)34(30)38-33-23-36(18-12-13-19-36)22-32(33)37(6)35(38)29-17-11-10-14-26(29)5/h7-11,14-17,20-21,24-25H,12-13,18-19,22-23H2,1-6H3/q+1. The first-order valence-corrected chi connectivity index (χ1v) is 14.7. The number of imidazole rings is 1. The highest BCUT2D eigenvalue weighted by atomic mass is 15.2. The van der Waals surface area contributed by atoms with Crippen LogP contribution in [0, 0.1) is 12.3 Å². The average Bonchev–Trinajstić information content (AvgIpc) is 3.59. The number of hydrogen-bond acceptors (Lipinski definition) is 0. The number of benzene rings is 3. The molecule has 1 heterocycles. The predicted octanol–water partition coefficient (Wildman–Crippen LogP) is 8.85. The molecule has 4 aromatic rings. The van der Waals surface area contributed by atoms with Crippen molar-refractivity contribution in [2.24, 2.45) is 12.5 Å². The van der Waals surface area contributed by atoms with Crippen molar-refractivity contribution in [2.45, 2.75) is 85.0 Å². The highest BCUT2D eigenvalue weighted by molar-refractivity contribution is 5.72. The summed E-state index contributed by atoms with van der Waals surface area (Å²) in [6.07, 6.45) is 7.96. The molecule has 1 saturated carbocycles. The molecule has 0 radical (unpaired) electrons. The minimum atomic E-state index is 0.418. The van der Waals surface area contributed by atoms with E-state index in [4.69, 9.17) is 0 Å². The Kier molecular flexibility index (Phi) is 6.33. The number of aromatic nitrogens is 2. The normalized spacial score (nSPS) is 16.2. The van der Waals surface area contributed by atoms with Gasteiger partial charge in [-0.2, -0.15) is 4.57 Å². The summed E-state index contributed by atoms with van der Waals surface area (Å²) < 4.78 is 5.29. The first-order valence-electron chi connectivity index (χ1n) is 14.7. The minimum absolute atomic E-state index is 0.418. The molecule has 2 aliphatic carbocycles. The third-order valence-corrected chi connectivity index (χ3v) is 9.42. The quantitative estimate of drug-likeness (QED) is 0.241. The van der Waals surface area contributed by atoms with Gasteiger partial charge in [0.2, 0.25) is 0 Å². The Morgan fingerprint density at radius 1 is 0.763 bits per heavy atom. The molecular formula is C36H43N2+. The predicted molar refractivity (Wildman–Crippen MR) is 159 cm³/mol. The lowest BCUT2D eigenvalue weighted by Gasteiger charge is -2.24. The Bertz CT molecular complexity index is 1450. The molecular weight excluding hydrogens is 460 g/mol. The number of rotatable bonds is 5. The summed E-state index contributed by atoms with van der Waals surface area (Å²) in [6, 6.07) is 24.8. The summed E-state index contributed by atoms with van der Waals surface area (Å²) in [5.41, 5.74) is 13.2. The van der Waals surface area contributed by atoms with Crippen LogP contribution in [0.2, 0.25) is 0 Å². The molecule has 0 unspecified atom stereocenters.